The van der Waals surface area contributed by atoms with E-state index in [0.717, 1.165) is 24.8 Å². The molecule has 36 heavy (non-hydrogen) atoms. The molecule has 1 unspecified atom stereocenters. The third kappa shape index (κ3) is 3.27. The fraction of sp³-hybridized carbons (Fsp3) is 0.724. The van der Waals surface area contributed by atoms with E-state index in [4.69, 9.17) is 4.74 Å². The number of carboxylic acid groups (broad SMARTS) is 1. The maximum Gasteiger partial charge on any atom is 0.326 e. The molecule has 2 heterocycles. The molecule has 2 aliphatic carbocycles. The number of aliphatic hydroxyl groups is 1. The van der Waals surface area contributed by atoms with Gasteiger partial charge in [-0.25, -0.2) is 4.79 Å². The molecule has 1 aromatic carbocycles. The molecule has 2 fully saturated rings. The SMILES string of the molecule is CC(C)CC(C(=O)O)N1Cc2c(cc(O)c3c2O[C@@]2(C3)[C@@H](C)CC[C@@H]3C(C)(C)[C@@H](O)CC[C@]32C)C1=O. The molecular weight excluding hydrogens is 458 g/mol. The van der Waals surface area contributed by atoms with Gasteiger partial charge in [-0.1, -0.05) is 41.5 Å². The maximum absolute atomic E-state index is 13.4. The minimum atomic E-state index is -1.01. The Bertz CT molecular complexity index is 1110. The Labute approximate surface area is 213 Å². The van der Waals surface area contributed by atoms with E-state index in [1.165, 1.54) is 11.0 Å². The summed E-state index contributed by atoms with van der Waals surface area (Å²) in [6.07, 6.45) is 4.10. The lowest BCUT2D eigenvalue weighted by Gasteiger charge is -2.64. The van der Waals surface area contributed by atoms with E-state index in [0.29, 0.717) is 36.1 Å². The van der Waals surface area contributed by atoms with Crippen LogP contribution in [0.2, 0.25) is 0 Å². The molecule has 3 N–H and O–H groups in total. The molecule has 0 bridgehead atoms. The average Bonchev–Trinajstić information content (AvgIpc) is 3.34. The number of phenolic OH excluding ortho intramolecular Hbond substituents is 1. The molecule has 0 aromatic heterocycles. The number of fused-ring (bicyclic) bond motifs is 5. The Balaban J connectivity index is 1.57. The van der Waals surface area contributed by atoms with Gasteiger partial charge < -0.3 is 25.0 Å². The van der Waals surface area contributed by atoms with Gasteiger partial charge in [0.05, 0.1) is 18.2 Å². The van der Waals surface area contributed by atoms with Crippen LogP contribution >= 0.6 is 0 Å². The van der Waals surface area contributed by atoms with Crippen LogP contribution in [0.3, 0.4) is 0 Å². The highest BCUT2D eigenvalue weighted by molar-refractivity contribution is 6.02. The van der Waals surface area contributed by atoms with Crippen molar-refractivity contribution in [1.29, 1.82) is 0 Å². The first kappa shape index (κ1) is 25.4. The van der Waals surface area contributed by atoms with Crippen molar-refractivity contribution < 1.29 is 29.6 Å². The molecule has 7 nitrogen and oxygen atoms in total. The summed E-state index contributed by atoms with van der Waals surface area (Å²) in [5.41, 5.74) is 0.769. The van der Waals surface area contributed by atoms with Gasteiger partial charge in [-0.05, 0) is 61.3 Å². The van der Waals surface area contributed by atoms with Gasteiger partial charge in [0.1, 0.15) is 23.1 Å². The second-order valence-corrected chi connectivity index (χ2v) is 13.1. The van der Waals surface area contributed by atoms with Crippen molar-refractivity contribution in [2.45, 2.75) is 104 Å². The molecule has 5 rings (SSSR count). The lowest BCUT2D eigenvalue weighted by Crippen LogP contribution is -2.66. The van der Waals surface area contributed by atoms with Gasteiger partial charge in [0.2, 0.25) is 0 Å². The number of hydrogen-bond acceptors (Lipinski definition) is 5. The van der Waals surface area contributed by atoms with Gasteiger partial charge in [-0.15, -0.1) is 0 Å². The van der Waals surface area contributed by atoms with Crippen LogP contribution in [0.15, 0.2) is 6.07 Å². The maximum atomic E-state index is 13.4. The summed E-state index contributed by atoms with van der Waals surface area (Å²) in [6.45, 7) is 12.9. The molecule has 2 saturated carbocycles. The molecule has 1 amide bonds. The van der Waals surface area contributed by atoms with Crippen molar-refractivity contribution in [2.75, 3.05) is 0 Å². The number of ether oxygens (including phenoxy) is 1. The summed E-state index contributed by atoms with van der Waals surface area (Å²) in [5.74, 6) is -0.132. The minimum Gasteiger partial charge on any atom is -0.508 e. The highest BCUT2D eigenvalue weighted by atomic mass is 16.5. The van der Waals surface area contributed by atoms with Crippen LogP contribution in [0, 0.1) is 28.6 Å². The Morgan fingerprint density at radius 2 is 1.89 bits per heavy atom. The zero-order chi connectivity index (χ0) is 26.4. The number of aromatic hydroxyl groups is 1. The van der Waals surface area contributed by atoms with Crippen LogP contribution < -0.4 is 4.74 Å². The van der Waals surface area contributed by atoms with Gasteiger partial charge in [0.25, 0.3) is 5.91 Å². The lowest BCUT2D eigenvalue weighted by molar-refractivity contribution is -0.210. The molecule has 1 spiro atoms. The fourth-order valence-electron chi connectivity index (χ4n) is 8.35. The van der Waals surface area contributed by atoms with E-state index < -0.39 is 17.6 Å². The van der Waals surface area contributed by atoms with Gasteiger partial charge >= 0.3 is 5.97 Å². The molecule has 2 aliphatic heterocycles. The molecule has 0 radical (unpaired) electrons. The van der Waals surface area contributed by atoms with Crippen molar-refractivity contribution in [3.63, 3.8) is 0 Å². The monoisotopic (exact) mass is 499 g/mol. The van der Waals surface area contributed by atoms with Crippen molar-refractivity contribution in [3.8, 4) is 11.5 Å². The second-order valence-electron chi connectivity index (χ2n) is 13.1. The van der Waals surface area contributed by atoms with Crippen LogP contribution in [-0.2, 0) is 17.8 Å². The number of carboxylic acids is 1. The first-order valence-electron chi connectivity index (χ1n) is 13.5. The zero-order valence-corrected chi connectivity index (χ0v) is 22.4. The van der Waals surface area contributed by atoms with Gasteiger partial charge in [-0.3, -0.25) is 4.79 Å². The summed E-state index contributed by atoms with van der Waals surface area (Å²) in [6, 6.07) is 0.601. The number of aliphatic hydroxyl groups excluding tert-OH is 1. The Hall–Kier alpha value is -2.28. The number of aliphatic carboxylic acids is 1. The number of rotatable bonds is 4. The molecule has 1 aromatic rings. The largest absolute Gasteiger partial charge is 0.508 e. The third-order valence-corrected chi connectivity index (χ3v) is 10.5. The van der Waals surface area contributed by atoms with Gasteiger partial charge in [0, 0.05) is 23.0 Å². The number of benzene rings is 1. The Morgan fingerprint density at radius 3 is 2.53 bits per heavy atom. The van der Waals surface area contributed by atoms with Crippen LogP contribution in [0.25, 0.3) is 0 Å². The molecule has 7 heteroatoms. The van der Waals surface area contributed by atoms with Crippen LogP contribution in [0.4, 0.5) is 0 Å². The summed E-state index contributed by atoms with van der Waals surface area (Å²) in [5, 5.41) is 31.9. The van der Waals surface area contributed by atoms with E-state index in [-0.39, 0.29) is 52.9 Å². The summed E-state index contributed by atoms with van der Waals surface area (Å²) < 4.78 is 7.02. The van der Waals surface area contributed by atoms with Gasteiger partial charge in [0.15, 0.2) is 0 Å². The zero-order valence-electron chi connectivity index (χ0n) is 22.4. The highest BCUT2D eigenvalue weighted by Gasteiger charge is 2.67. The molecule has 198 valence electrons. The van der Waals surface area contributed by atoms with Crippen molar-refractivity contribution in [2.24, 2.45) is 28.6 Å². The van der Waals surface area contributed by atoms with Crippen molar-refractivity contribution >= 4 is 11.9 Å². The highest BCUT2D eigenvalue weighted by Crippen LogP contribution is 2.67. The molecule has 6 atom stereocenters. The van der Waals surface area contributed by atoms with E-state index >= 15 is 0 Å². The Kier molecular flexibility index (Phi) is 5.71. The fourth-order valence-corrected chi connectivity index (χ4v) is 8.35. The quantitative estimate of drug-likeness (QED) is 0.552. The van der Waals surface area contributed by atoms with Gasteiger partial charge in [-0.2, -0.15) is 0 Å². The number of carbonyl (C=O) groups excluding carboxylic acids is 1. The standard InChI is InChI=1S/C29H41NO6/c1-15(2)11-20(26(34)35)30-14-19-17(25(30)33)12-21(31)18-13-29(36-24(18)19)16(3)7-8-22-27(4,5)23(32)9-10-28(22,29)6/h12,15-16,20,22-23,31-32H,7-11,13-14H2,1-6H3,(H,34,35)/t16-,20?,22+,23-,28+,29-/m0/s1. The predicted molar refractivity (Wildman–Crippen MR) is 135 cm³/mol. The summed E-state index contributed by atoms with van der Waals surface area (Å²) >= 11 is 0. The number of carbonyl (C=O) groups is 2. The number of nitrogens with zero attached hydrogens (tertiary/aromatic N) is 1. The number of phenols is 1. The first-order valence-corrected chi connectivity index (χ1v) is 13.5. The third-order valence-electron chi connectivity index (χ3n) is 10.5. The first-order chi connectivity index (χ1) is 16.7. The predicted octanol–water partition coefficient (Wildman–Crippen LogP) is 4.75. The molecular formula is C29H41NO6. The number of amides is 1. The normalized spacial score (nSPS) is 35.4. The summed E-state index contributed by atoms with van der Waals surface area (Å²) in [7, 11) is 0. The molecule has 4 aliphatic rings. The average molecular weight is 500 g/mol. The van der Waals surface area contributed by atoms with E-state index in [1.807, 2.05) is 13.8 Å². The van der Waals surface area contributed by atoms with Crippen LogP contribution in [-0.4, -0.2) is 49.8 Å². The van der Waals surface area contributed by atoms with E-state index in [1.54, 1.807) is 0 Å². The smallest absolute Gasteiger partial charge is 0.326 e. The van der Waals surface area contributed by atoms with Crippen LogP contribution in [0.5, 0.6) is 11.5 Å². The van der Waals surface area contributed by atoms with E-state index in [9.17, 15) is 24.9 Å². The second kappa shape index (κ2) is 8.11. The lowest BCUT2D eigenvalue weighted by atomic mass is 9.43. The van der Waals surface area contributed by atoms with Crippen LogP contribution in [0.1, 0.15) is 95.1 Å². The van der Waals surface area contributed by atoms with Crippen molar-refractivity contribution in [1.82, 2.24) is 4.90 Å². The minimum absolute atomic E-state index is 0.0552. The number of hydrogen-bond donors (Lipinski definition) is 3. The van der Waals surface area contributed by atoms with Crippen molar-refractivity contribution in [3.05, 3.63) is 22.8 Å². The Morgan fingerprint density at radius 1 is 1.19 bits per heavy atom. The summed E-state index contributed by atoms with van der Waals surface area (Å²) in [4.78, 5) is 26.9. The van der Waals surface area contributed by atoms with E-state index in [2.05, 4.69) is 27.7 Å². The molecule has 0 saturated heterocycles. The topological polar surface area (TPSA) is 107 Å².